The number of anilines is 1. The molecule has 3 aromatic carbocycles. The van der Waals surface area contributed by atoms with Gasteiger partial charge in [-0.2, -0.15) is 0 Å². The molecule has 0 aliphatic carbocycles. The topological polar surface area (TPSA) is 96.3 Å². The zero-order valence-corrected chi connectivity index (χ0v) is 23.1. The Morgan fingerprint density at radius 1 is 0.846 bits per heavy atom. The molecule has 2 aliphatic heterocycles. The van der Waals surface area contributed by atoms with E-state index in [0.717, 1.165) is 40.9 Å². The Balaban J connectivity index is 1.39. The van der Waals surface area contributed by atoms with Gasteiger partial charge < -0.3 is 19.7 Å². The highest BCUT2D eigenvalue weighted by atomic mass is 32.2. The van der Waals surface area contributed by atoms with Gasteiger partial charge in [0.15, 0.2) is 0 Å². The zero-order chi connectivity index (χ0) is 27.6. The van der Waals surface area contributed by atoms with Crippen LogP contribution in [0, 0.1) is 0 Å². The third-order valence-corrected chi connectivity index (χ3v) is 9.76. The lowest BCUT2D eigenvalue weighted by molar-refractivity contribution is 0.128. The van der Waals surface area contributed by atoms with E-state index in [1.807, 2.05) is 24.3 Å². The number of hydrogen-bond donors (Lipinski definition) is 2. The molecule has 0 spiro atoms. The summed E-state index contributed by atoms with van der Waals surface area (Å²) >= 11 is 0. The van der Waals surface area contributed by atoms with Crippen LogP contribution in [0.15, 0.2) is 72.8 Å². The first kappa shape index (κ1) is 27.1. The highest BCUT2D eigenvalue weighted by Gasteiger charge is 2.53. The minimum absolute atomic E-state index is 0.131. The van der Waals surface area contributed by atoms with Crippen LogP contribution in [0.5, 0.6) is 17.2 Å². The van der Waals surface area contributed by atoms with Crippen molar-refractivity contribution in [2.24, 2.45) is 0 Å². The van der Waals surface area contributed by atoms with E-state index in [1.165, 1.54) is 17.1 Å². The summed E-state index contributed by atoms with van der Waals surface area (Å²) in [5, 5.41) is 18.9. The largest absolute Gasteiger partial charge is 0.508 e. The molecule has 2 aliphatic rings. The number of aromatic hydroxyl groups is 2. The van der Waals surface area contributed by atoms with Crippen molar-refractivity contribution in [2.75, 3.05) is 18.0 Å². The van der Waals surface area contributed by atoms with Crippen LogP contribution in [0.3, 0.4) is 0 Å². The molecule has 8 heteroatoms. The molecule has 5 rings (SSSR count). The van der Waals surface area contributed by atoms with Crippen molar-refractivity contribution in [3.05, 3.63) is 83.9 Å². The molecule has 7 nitrogen and oxygen atoms in total. The molecule has 0 saturated carbocycles. The minimum atomic E-state index is -3.78. The summed E-state index contributed by atoms with van der Waals surface area (Å²) in [7, 11) is -2.20. The molecule has 3 atom stereocenters. The normalized spacial score (nSPS) is 20.4. The Bertz CT molecular complexity index is 1420. The number of phenols is 2. The molecule has 0 radical (unpaired) electrons. The highest BCUT2D eigenvalue weighted by Crippen LogP contribution is 2.51. The lowest BCUT2D eigenvalue weighted by atomic mass is 9.83. The van der Waals surface area contributed by atoms with Gasteiger partial charge in [0, 0.05) is 7.05 Å². The van der Waals surface area contributed by atoms with E-state index in [-0.39, 0.29) is 11.5 Å². The van der Waals surface area contributed by atoms with Gasteiger partial charge in [-0.1, -0.05) is 50.5 Å². The van der Waals surface area contributed by atoms with E-state index in [4.69, 9.17) is 9.47 Å². The Hall–Kier alpha value is -3.49. The van der Waals surface area contributed by atoms with Crippen LogP contribution in [-0.2, 0) is 14.8 Å². The highest BCUT2D eigenvalue weighted by molar-refractivity contribution is 7.93. The van der Waals surface area contributed by atoms with Crippen molar-refractivity contribution in [3.8, 4) is 17.2 Å². The first-order valence-electron chi connectivity index (χ1n) is 13.5. The van der Waals surface area contributed by atoms with Gasteiger partial charge >= 0.3 is 0 Å². The van der Waals surface area contributed by atoms with E-state index in [0.29, 0.717) is 18.7 Å². The summed E-state index contributed by atoms with van der Waals surface area (Å²) in [6.07, 6.45) is 3.76. The second kappa shape index (κ2) is 11.3. The maximum Gasteiger partial charge on any atom is 0.240 e. The van der Waals surface area contributed by atoms with Gasteiger partial charge in [-0.05, 0) is 83.6 Å². The fourth-order valence-electron chi connectivity index (χ4n) is 5.46. The van der Waals surface area contributed by atoms with E-state index >= 15 is 0 Å². The van der Waals surface area contributed by atoms with Crippen LogP contribution in [0.1, 0.15) is 50.2 Å². The van der Waals surface area contributed by atoms with Crippen LogP contribution in [0.2, 0.25) is 0 Å². The summed E-state index contributed by atoms with van der Waals surface area (Å²) in [5.41, 5.74) is 3.94. The number of nitrogens with zero attached hydrogens (tertiary/aromatic N) is 1. The summed E-state index contributed by atoms with van der Waals surface area (Å²) in [4.78, 5) is 0. The third kappa shape index (κ3) is 5.49. The van der Waals surface area contributed by atoms with Gasteiger partial charge in [0.1, 0.15) is 28.6 Å². The number of ether oxygens (including phenoxy) is 2. The smallest absolute Gasteiger partial charge is 0.240 e. The SMILES string of the molecule is CCCCCCOc1ccc(N(C)S(=O)(=O)[C@H]2C[C@H]3O[C@@H]2C(c2ccc(O)cc2)=C3c2ccc(O)cc2)cc1. The Kier molecular flexibility index (Phi) is 7.86. The molecule has 0 amide bonds. The molecule has 2 heterocycles. The number of benzene rings is 3. The van der Waals surface area contributed by atoms with Gasteiger partial charge in [-0.15, -0.1) is 0 Å². The maximum absolute atomic E-state index is 13.9. The van der Waals surface area contributed by atoms with Crippen LogP contribution in [0.4, 0.5) is 5.69 Å². The van der Waals surface area contributed by atoms with Crippen molar-refractivity contribution < 1.29 is 28.1 Å². The van der Waals surface area contributed by atoms with E-state index in [9.17, 15) is 18.6 Å². The van der Waals surface area contributed by atoms with E-state index in [2.05, 4.69) is 6.92 Å². The fourth-order valence-corrected chi connectivity index (χ4v) is 7.22. The second-order valence-corrected chi connectivity index (χ2v) is 12.3. The van der Waals surface area contributed by atoms with Crippen molar-refractivity contribution in [1.29, 1.82) is 0 Å². The quantitative estimate of drug-likeness (QED) is 0.286. The predicted octanol–water partition coefficient (Wildman–Crippen LogP) is 5.97. The number of rotatable bonds is 11. The summed E-state index contributed by atoms with van der Waals surface area (Å²) < 4.78 is 41.3. The first-order chi connectivity index (χ1) is 18.8. The lowest BCUT2D eigenvalue weighted by Gasteiger charge is -2.29. The van der Waals surface area contributed by atoms with Crippen LogP contribution in [-0.4, -0.2) is 49.7 Å². The third-order valence-electron chi connectivity index (χ3n) is 7.58. The molecular formula is C31H35NO6S. The molecule has 206 valence electrons. The van der Waals surface area contributed by atoms with Gasteiger partial charge in [0.05, 0.1) is 18.4 Å². The Labute approximate surface area is 230 Å². The van der Waals surface area contributed by atoms with Crippen molar-refractivity contribution in [3.63, 3.8) is 0 Å². The molecular weight excluding hydrogens is 514 g/mol. The first-order valence-corrected chi connectivity index (χ1v) is 15.0. The van der Waals surface area contributed by atoms with Crippen LogP contribution >= 0.6 is 0 Å². The number of unbranched alkanes of at least 4 members (excludes halogenated alkanes) is 3. The number of sulfonamides is 1. The number of phenolic OH excluding ortho intramolecular Hbond substituents is 2. The molecule has 3 aromatic rings. The molecule has 2 N–H and O–H groups in total. The number of fused-ring (bicyclic) bond motifs is 2. The van der Waals surface area contributed by atoms with Gasteiger partial charge in [-0.25, -0.2) is 8.42 Å². The molecule has 39 heavy (non-hydrogen) atoms. The van der Waals surface area contributed by atoms with Gasteiger partial charge in [0.2, 0.25) is 10.0 Å². The minimum Gasteiger partial charge on any atom is -0.508 e. The predicted molar refractivity (Wildman–Crippen MR) is 153 cm³/mol. The monoisotopic (exact) mass is 549 g/mol. The van der Waals surface area contributed by atoms with Crippen molar-refractivity contribution in [2.45, 2.75) is 56.5 Å². The molecule has 1 fully saturated rings. The fraction of sp³-hybridized carbons (Fsp3) is 0.355. The van der Waals surface area contributed by atoms with Crippen LogP contribution in [0.25, 0.3) is 11.1 Å². The van der Waals surface area contributed by atoms with Crippen molar-refractivity contribution >= 4 is 26.9 Å². The molecule has 1 saturated heterocycles. The average molecular weight is 550 g/mol. The lowest BCUT2D eigenvalue weighted by Crippen LogP contribution is -2.42. The Morgan fingerprint density at radius 3 is 2.03 bits per heavy atom. The second-order valence-electron chi connectivity index (χ2n) is 10.2. The maximum atomic E-state index is 13.9. The average Bonchev–Trinajstić information content (AvgIpc) is 3.54. The summed E-state index contributed by atoms with van der Waals surface area (Å²) in [6, 6.07) is 20.8. The standard InChI is InChI=1S/C31H35NO6S/c1-3-4-5-6-19-37-26-17-11-23(12-18-26)32(2)39(35,36)28-20-27-29(21-7-13-24(33)14-8-21)30(31(28)38-27)22-9-15-25(34)16-10-22/h7-18,27-28,31,33-34H,3-6,19-20H2,1-2H3/t27-,28+,31+/m1/s1. The van der Waals surface area contributed by atoms with E-state index in [1.54, 1.807) is 55.6 Å². The number of hydrogen-bond acceptors (Lipinski definition) is 6. The van der Waals surface area contributed by atoms with Gasteiger partial charge in [-0.3, -0.25) is 4.31 Å². The van der Waals surface area contributed by atoms with Crippen LogP contribution < -0.4 is 9.04 Å². The van der Waals surface area contributed by atoms with Gasteiger partial charge in [0.25, 0.3) is 0 Å². The molecule has 0 aromatic heterocycles. The van der Waals surface area contributed by atoms with E-state index < -0.39 is 27.5 Å². The zero-order valence-electron chi connectivity index (χ0n) is 22.3. The Morgan fingerprint density at radius 2 is 1.44 bits per heavy atom. The summed E-state index contributed by atoms with van der Waals surface area (Å²) in [6.45, 7) is 2.82. The summed E-state index contributed by atoms with van der Waals surface area (Å²) in [5.74, 6) is 1.01. The molecule has 0 unspecified atom stereocenters. The van der Waals surface area contributed by atoms with Crippen molar-refractivity contribution in [1.82, 2.24) is 0 Å². The molecule has 2 bridgehead atoms.